The Morgan fingerprint density at radius 3 is 1.72 bits per heavy atom. The summed E-state index contributed by atoms with van der Waals surface area (Å²) in [4.78, 5) is 152. The molecule has 0 bridgehead atoms. The summed E-state index contributed by atoms with van der Waals surface area (Å²) in [5, 5.41) is 31.4. The second-order valence-corrected chi connectivity index (χ2v) is 18.6. The normalized spacial score (nSPS) is 16.9. The highest BCUT2D eigenvalue weighted by molar-refractivity contribution is 5.98. The molecule has 0 aromatic heterocycles. The number of carbonyl (C=O) groups excluding carboxylic acids is 11. The highest BCUT2D eigenvalue weighted by atomic mass is 16.3. The van der Waals surface area contributed by atoms with E-state index in [9.17, 15) is 57.8 Å². The first kappa shape index (κ1) is 63.4. The van der Waals surface area contributed by atoms with Crippen LogP contribution in [-0.4, -0.2) is 174 Å². The Labute approximate surface area is 422 Å². The first-order valence-electron chi connectivity index (χ1n) is 24.6. The number of rotatable bonds is 31. The van der Waals surface area contributed by atoms with Crippen molar-refractivity contribution in [3.05, 3.63) is 0 Å². The number of aliphatic imine (C=N–C) groups is 1. The number of carbonyl (C=O) groups is 11. The lowest BCUT2D eigenvalue weighted by Gasteiger charge is -2.32. The van der Waals surface area contributed by atoms with Gasteiger partial charge in [-0.05, 0) is 63.7 Å². The number of nitrogens with zero attached hydrogens (tertiary/aromatic N) is 3. The Morgan fingerprint density at radius 1 is 0.681 bits per heavy atom. The van der Waals surface area contributed by atoms with Gasteiger partial charge in [0.1, 0.15) is 42.3 Å². The lowest BCUT2D eigenvalue weighted by atomic mass is 9.95. The Bertz CT molecular complexity index is 1930. The maximum Gasteiger partial charge on any atom is 0.245 e. The molecule has 15 N–H and O–H groups in total. The van der Waals surface area contributed by atoms with Crippen LogP contribution in [0.15, 0.2) is 4.99 Å². The van der Waals surface area contributed by atoms with Gasteiger partial charge in [0, 0.05) is 40.0 Å². The van der Waals surface area contributed by atoms with Crippen LogP contribution < -0.4 is 59.7 Å². The molecule has 1 heterocycles. The van der Waals surface area contributed by atoms with Crippen LogP contribution in [-0.2, 0) is 52.7 Å². The van der Waals surface area contributed by atoms with Gasteiger partial charge in [0.25, 0.3) is 0 Å². The lowest BCUT2D eigenvalue weighted by Crippen LogP contribution is -2.63. The molecule has 0 saturated carbocycles. The van der Waals surface area contributed by atoms with E-state index in [1.807, 2.05) is 0 Å². The van der Waals surface area contributed by atoms with Gasteiger partial charge >= 0.3 is 0 Å². The third-order valence-corrected chi connectivity index (χ3v) is 12.3. The highest BCUT2D eigenvalue weighted by Crippen LogP contribution is 2.21. The minimum atomic E-state index is -1.75. The monoisotopic (exact) mass is 1020 g/mol. The number of likely N-dealkylation sites (N-methyl/N-ethyl adjacent to an activating group) is 2. The van der Waals surface area contributed by atoms with Crippen LogP contribution in [0, 0.1) is 17.8 Å². The first-order valence-corrected chi connectivity index (χ1v) is 24.6. The maximum atomic E-state index is 14.2. The van der Waals surface area contributed by atoms with Crippen molar-refractivity contribution in [2.24, 2.45) is 39.9 Å². The van der Waals surface area contributed by atoms with Crippen molar-refractivity contribution in [1.29, 1.82) is 0 Å². The summed E-state index contributed by atoms with van der Waals surface area (Å²) in [6.45, 7) is 14.2. The van der Waals surface area contributed by atoms with Gasteiger partial charge in [-0.25, -0.2) is 0 Å². The molecule has 0 spiro atoms. The molecule has 1 aliphatic heterocycles. The summed E-state index contributed by atoms with van der Waals surface area (Å²) >= 11 is 0. The molecule has 10 atom stereocenters. The van der Waals surface area contributed by atoms with E-state index in [2.05, 4.69) is 47.5 Å². The number of aliphatic hydroxyl groups excluding tert-OH is 1. The quantitative estimate of drug-likeness (QED) is 0.0179. The molecule has 0 unspecified atom stereocenters. The predicted octanol–water partition coefficient (Wildman–Crippen LogP) is -3.94. The highest BCUT2D eigenvalue weighted by Gasteiger charge is 2.40. The average molecular weight is 1020 g/mol. The number of hydrogen-bond acceptors (Lipinski definition) is 13. The standard InChI is InChI=1S/C46H82N14O12/c1-11-25(6)36(42(69)54-30(16-14-20-51-46(48)49)45(72)60-21-15-17-31(60)40(67)50-13-3)56-39(66)29(18-19-32(47)63)53-44(71)38(27(8)61)58-43(70)37(26(7)12-2)57-41(68)35(24(4)5)55-33(64)22-52-34(65)23-59(10)28(9)62/h24-27,29-31,35-38,61H,11-23H2,1-10H3,(H2,47,63)(H,50,67)(H,52,65)(H,53,71)(H,54,69)(H,55,64)(H,56,66)(H,57,68)(H,58,70)(H4,48,49,51)/t25-,26-,27+,29-,30-,31-,35-,36+,37+,38-/m0/s1. The van der Waals surface area contributed by atoms with Crippen LogP contribution in [0.2, 0.25) is 0 Å². The predicted molar refractivity (Wildman–Crippen MR) is 265 cm³/mol. The SMILES string of the molecule is CCNC(=O)[C@@H]1CCCN1C(=O)[C@H](CCCN=C(N)N)NC(=O)[C@H](NC(=O)[C@H](CCC(N)=O)NC(=O)[C@@H](NC(=O)[C@H](NC(=O)[C@@H](NC(=O)CNC(=O)CN(C)C(C)=O)C(C)C)[C@@H](C)CC)[C@@H](C)O)[C@@H](C)CC. The number of nitrogens with one attached hydrogen (secondary N) is 8. The number of guanidine groups is 1. The van der Waals surface area contributed by atoms with E-state index in [0.29, 0.717) is 32.2 Å². The molecule has 11 amide bonds. The summed E-state index contributed by atoms with van der Waals surface area (Å²) < 4.78 is 0. The van der Waals surface area contributed by atoms with E-state index in [0.717, 1.165) is 4.90 Å². The van der Waals surface area contributed by atoms with Crippen molar-refractivity contribution in [1.82, 2.24) is 52.3 Å². The molecule has 0 aromatic carbocycles. The van der Waals surface area contributed by atoms with Crippen LogP contribution in [0.4, 0.5) is 0 Å². The molecule has 26 nitrogen and oxygen atoms in total. The molecule has 1 fully saturated rings. The maximum absolute atomic E-state index is 14.2. The molecular weight excluding hydrogens is 941 g/mol. The van der Waals surface area contributed by atoms with Crippen molar-refractivity contribution in [2.45, 2.75) is 162 Å². The van der Waals surface area contributed by atoms with Gasteiger partial charge in [0.15, 0.2) is 5.96 Å². The average Bonchev–Trinajstić information content (AvgIpc) is 3.81. The molecule has 408 valence electrons. The van der Waals surface area contributed by atoms with Gasteiger partial charge in [-0.1, -0.05) is 54.4 Å². The largest absolute Gasteiger partial charge is 0.391 e. The third-order valence-electron chi connectivity index (χ3n) is 12.3. The molecule has 1 aliphatic rings. The fourth-order valence-corrected chi connectivity index (χ4v) is 7.50. The van der Waals surface area contributed by atoms with E-state index in [1.165, 1.54) is 25.8 Å². The molecular formula is C46H82N14O12. The minimum absolute atomic E-state index is 0.0608. The molecule has 1 rings (SSSR count). The number of primary amides is 1. The second kappa shape index (κ2) is 31.7. The summed E-state index contributed by atoms with van der Waals surface area (Å²) in [6.07, 6.45) is -0.428. The first-order chi connectivity index (χ1) is 33.7. The van der Waals surface area contributed by atoms with Crippen LogP contribution in [0.25, 0.3) is 0 Å². The minimum Gasteiger partial charge on any atom is -0.391 e. The molecule has 1 saturated heterocycles. The van der Waals surface area contributed by atoms with Crippen LogP contribution in [0.5, 0.6) is 0 Å². The van der Waals surface area contributed by atoms with Gasteiger partial charge in [-0.15, -0.1) is 0 Å². The van der Waals surface area contributed by atoms with Gasteiger partial charge in [0.2, 0.25) is 65.0 Å². The van der Waals surface area contributed by atoms with E-state index in [-0.39, 0.29) is 56.7 Å². The number of amides is 11. The Morgan fingerprint density at radius 2 is 1.21 bits per heavy atom. The van der Waals surface area contributed by atoms with E-state index in [1.54, 1.807) is 48.5 Å². The van der Waals surface area contributed by atoms with Crippen LogP contribution >= 0.6 is 0 Å². The summed E-state index contributed by atoms with van der Waals surface area (Å²) in [7, 11) is 1.41. The van der Waals surface area contributed by atoms with E-state index < -0.39 is 132 Å². The fourth-order valence-electron chi connectivity index (χ4n) is 7.50. The summed E-state index contributed by atoms with van der Waals surface area (Å²) in [5.74, 6) is -9.70. The van der Waals surface area contributed by atoms with Gasteiger partial charge in [-0.3, -0.25) is 57.7 Å². The van der Waals surface area contributed by atoms with Gasteiger partial charge in [-0.2, -0.15) is 0 Å². The van der Waals surface area contributed by atoms with E-state index >= 15 is 0 Å². The van der Waals surface area contributed by atoms with Crippen LogP contribution in [0.3, 0.4) is 0 Å². The molecule has 72 heavy (non-hydrogen) atoms. The number of aliphatic hydroxyl groups is 1. The zero-order valence-corrected chi connectivity index (χ0v) is 43.6. The van der Waals surface area contributed by atoms with Crippen LogP contribution in [0.1, 0.15) is 114 Å². The van der Waals surface area contributed by atoms with Crippen molar-refractivity contribution in [3.8, 4) is 0 Å². The zero-order chi connectivity index (χ0) is 55.0. The second-order valence-electron chi connectivity index (χ2n) is 18.6. The summed E-state index contributed by atoms with van der Waals surface area (Å²) in [5.41, 5.74) is 16.4. The smallest absolute Gasteiger partial charge is 0.245 e. The number of likely N-dealkylation sites (tertiary alicyclic amines) is 1. The topological polar surface area (TPSA) is 401 Å². The van der Waals surface area contributed by atoms with E-state index in [4.69, 9.17) is 17.2 Å². The van der Waals surface area contributed by atoms with Crippen molar-refractivity contribution in [3.63, 3.8) is 0 Å². The molecule has 0 radical (unpaired) electrons. The molecule has 0 aliphatic carbocycles. The lowest BCUT2D eigenvalue weighted by molar-refractivity contribution is -0.142. The number of hydrogen-bond donors (Lipinski definition) is 12. The molecule has 0 aromatic rings. The Balaban J connectivity index is 3.40. The fraction of sp³-hybridized carbons (Fsp3) is 0.739. The van der Waals surface area contributed by atoms with Crippen molar-refractivity contribution in [2.75, 3.05) is 39.8 Å². The third kappa shape index (κ3) is 21.4. The van der Waals surface area contributed by atoms with Crippen molar-refractivity contribution >= 4 is 70.9 Å². The van der Waals surface area contributed by atoms with Crippen molar-refractivity contribution < 1.29 is 57.8 Å². The van der Waals surface area contributed by atoms with Gasteiger partial charge < -0.3 is 74.6 Å². The molecule has 26 heteroatoms. The van der Waals surface area contributed by atoms with Gasteiger partial charge in [0.05, 0.1) is 19.2 Å². The zero-order valence-electron chi connectivity index (χ0n) is 43.6. The summed E-state index contributed by atoms with van der Waals surface area (Å²) in [6, 6.07) is -9.08. The number of nitrogens with two attached hydrogens (primary N) is 3. The Kier molecular flexibility index (Phi) is 27.9. The Hall–Kier alpha value is -6.60.